The number of rotatable bonds is 5. The minimum absolute atomic E-state index is 0.0440. The second-order valence-corrected chi connectivity index (χ2v) is 6.73. The number of aromatic nitrogens is 2. The van der Waals surface area contributed by atoms with Crippen molar-refractivity contribution in [2.45, 2.75) is 26.2 Å². The van der Waals surface area contributed by atoms with E-state index in [4.69, 9.17) is 4.42 Å². The van der Waals surface area contributed by atoms with Crippen molar-refractivity contribution in [3.63, 3.8) is 0 Å². The van der Waals surface area contributed by atoms with Gasteiger partial charge in [0.05, 0.1) is 4.92 Å². The Kier molecular flexibility index (Phi) is 4.60. The van der Waals surface area contributed by atoms with Gasteiger partial charge in [0.25, 0.3) is 5.69 Å². The molecule has 4 rings (SSSR count). The van der Waals surface area contributed by atoms with Crippen LogP contribution < -0.4 is 4.90 Å². The Morgan fingerprint density at radius 3 is 2.75 bits per heavy atom. The molecule has 142 valence electrons. The van der Waals surface area contributed by atoms with Crippen molar-refractivity contribution in [2.24, 2.45) is 0 Å². The molecular weight excluding hydrogens is 360 g/mol. The molecule has 2 heterocycles. The van der Waals surface area contributed by atoms with E-state index in [0.717, 1.165) is 22.4 Å². The number of carbonyl (C=O) groups is 1. The fourth-order valence-electron chi connectivity index (χ4n) is 3.28. The summed E-state index contributed by atoms with van der Waals surface area (Å²) in [5, 5.41) is 19.0. The lowest BCUT2D eigenvalue weighted by atomic mass is 10.1. The van der Waals surface area contributed by atoms with E-state index in [2.05, 4.69) is 10.2 Å². The summed E-state index contributed by atoms with van der Waals surface area (Å²) in [6.45, 7) is 2.52. The number of nitrogens with zero attached hydrogens (tertiary/aromatic N) is 4. The fraction of sp³-hybridized carbons (Fsp3) is 0.250. The zero-order chi connectivity index (χ0) is 19.7. The third kappa shape index (κ3) is 3.48. The SMILES string of the molecule is Cc1ccc(-c2nnc(CCC(=O)N3CCc4cc([N+](=O)[O-])ccc43)o2)cc1. The van der Waals surface area contributed by atoms with Gasteiger partial charge in [-0.05, 0) is 37.1 Å². The Morgan fingerprint density at radius 2 is 2.00 bits per heavy atom. The number of aryl methyl sites for hydroxylation is 2. The highest BCUT2D eigenvalue weighted by atomic mass is 16.6. The number of non-ortho nitro benzene ring substituents is 1. The molecule has 0 saturated carbocycles. The number of anilines is 1. The van der Waals surface area contributed by atoms with Gasteiger partial charge in [-0.2, -0.15) is 0 Å². The van der Waals surface area contributed by atoms with Crippen molar-refractivity contribution in [3.05, 3.63) is 69.6 Å². The van der Waals surface area contributed by atoms with Crippen molar-refractivity contribution < 1.29 is 14.1 Å². The molecule has 2 aromatic carbocycles. The van der Waals surface area contributed by atoms with Gasteiger partial charge in [-0.25, -0.2) is 0 Å². The fourth-order valence-corrected chi connectivity index (χ4v) is 3.28. The van der Waals surface area contributed by atoms with Crippen molar-refractivity contribution in [1.29, 1.82) is 0 Å². The highest BCUT2D eigenvalue weighted by Gasteiger charge is 2.26. The molecule has 28 heavy (non-hydrogen) atoms. The number of hydrogen-bond donors (Lipinski definition) is 0. The zero-order valence-electron chi connectivity index (χ0n) is 15.3. The van der Waals surface area contributed by atoms with E-state index in [1.54, 1.807) is 11.0 Å². The Balaban J connectivity index is 1.41. The van der Waals surface area contributed by atoms with E-state index in [-0.39, 0.29) is 18.0 Å². The zero-order valence-corrected chi connectivity index (χ0v) is 15.3. The Hall–Kier alpha value is -3.55. The number of benzene rings is 2. The molecule has 0 fully saturated rings. The van der Waals surface area contributed by atoms with Crippen molar-refractivity contribution in [2.75, 3.05) is 11.4 Å². The number of amides is 1. The van der Waals surface area contributed by atoms with Crippen molar-refractivity contribution in [1.82, 2.24) is 10.2 Å². The molecular formula is C20H18N4O4. The topological polar surface area (TPSA) is 102 Å². The standard InChI is InChI=1S/C20H18N4O4/c1-13-2-4-14(5-3-13)20-22-21-18(28-20)8-9-19(25)23-11-10-15-12-16(24(26)27)6-7-17(15)23/h2-7,12H,8-11H2,1H3. The molecule has 0 radical (unpaired) electrons. The number of carbonyl (C=O) groups excluding carboxylic acids is 1. The van der Waals surface area contributed by atoms with E-state index in [1.165, 1.54) is 12.1 Å². The molecule has 0 N–H and O–H groups in total. The number of nitro benzene ring substituents is 1. The van der Waals surface area contributed by atoms with Gasteiger partial charge in [0.15, 0.2) is 0 Å². The van der Waals surface area contributed by atoms with Crippen LogP contribution in [0.3, 0.4) is 0 Å². The van der Waals surface area contributed by atoms with Crippen LogP contribution in [0.2, 0.25) is 0 Å². The van der Waals surface area contributed by atoms with Crippen LogP contribution in [0.1, 0.15) is 23.4 Å². The average Bonchev–Trinajstić information content (AvgIpc) is 3.33. The van der Waals surface area contributed by atoms with Crippen LogP contribution in [0.4, 0.5) is 11.4 Å². The normalized spacial score (nSPS) is 12.8. The molecule has 0 unspecified atom stereocenters. The van der Waals surface area contributed by atoms with E-state index in [1.807, 2.05) is 31.2 Å². The average molecular weight is 378 g/mol. The highest BCUT2D eigenvalue weighted by molar-refractivity contribution is 5.95. The van der Waals surface area contributed by atoms with Crippen molar-refractivity contribution >= 4 is 17.3 Å². The van der Waals surface area contributed by atoms with Crippen LogP contribution in [0.15, 0.2) is 46.9 Å². The van der Waals surface area contributed by atoms with E-state index in [0.29, 0.717) is 31.2 Å². The largest absolute Gasteiger partial charge is 0.421 e. The van der Waals surface area contributed by atoms with Gasteiger partial charge >= 0.3 is 0 Å². The summed E-state index contributed by atoms with van der Waals surface area (Å²) in [5.74, 6) is 0.774. The molecule has 0 aliphatic carbocycles. The van der Waals surface area contributed by atoms with Crippen LogP contribution in [-0.4, -0.2) is 27.6 Å². The first kappa shape index (κ1) is 17.8. The first-order valence-electron chi connectivity index (χ1n) is 8.98. The summed E-state index contributed by atoms with van der Waals surface area (Å²) in [4.78, 5) is 24.8. The summed E-state index contributed by atoms with van der Waals surface area (Å²) in [6.07, 6.45) is 1.18. The molecule has 1 aliphatic heterocycles. The van der Waals surface area contributed by atoms with Gasteiger partial charge in [-0.1, -0.05) is 17.7 Å². The highest BCUT2D eigenvalue weighted by Crippen LogP contribution is 2.31. The predicted molar refractivity (Wildman–Crippen MR) is 102 cm³/mol. The van der Waals surface area contributed by atoms with Gasteiger partial charge in [0.1, 0.15) is 0 Å². The molecule has 0 bridgehead atoms. The second kappa shape index (κ2) is 7.22. The molecule has 1 aliphatic rings. The maximum absolute atomic E-state index is 12.6. The molecule has 8 nitrogen and oxygen atoms in total. The van der Waals surface area contributed by atoms with E-state index >= 15 is 0 Å². The minimum atomic E-state index is -0.425. The second-order valence-electron chi connectivity index (χ2n) is 6.73. The maximum Gasteiger partial charge on any atom is 0.269 e. The first-order chi connectivity index (χ1) is 13.5. The molecule has 3 aromatic rings. The molecule has 1 aromatic heterocycles. The van der Waals surface area contributed by atoms with Crippen molar-refractivity contribution in [3.8, 4) is 11.5 Å². The van der Waals surface area contributed by atoms with Gasteiger partial charge in [0, 0.05) is 42.8 Å². The Bertz CT molecular complexity index is 1040. The number of nitro groups is 1. The molecule has 0 spiro atoms. The summed E-state index contributed by atoms with van der Waals surface area (Å²) in [6, 6.07) is 12.4. The van der Waals surface area contributed by atoms with Gasteiger partial charge in [0.2, 0.25) is 17.7 Å². The summed E-state index contributed by atoms with van der Waals surface area (Å²) < 4.78 is 5.67. The number of hydrogen-bond acceptors (Lipinski definition) is 6. The summed E-state index contributed by atoms with van der Waals surface area (Å²) in [7, 11) is 0. The summed E-state index contributed by atoms with van der Waals surface area (Å²) >= 11 is 0. The molecule has 1 amide bonds. The third-order valence-corrected chi connectivity index (χ3v) is 4.79. The van der Waals surface area contributed by atoms with Gasteiger partial charge < -0.3 is 9.32 Å². The predicted octanol–water partition coefficient (Wildman–Crippen LogP) is 3.48. The van der Waals surface area contributed by atoms with Crippen LogP contribution in [0, 0.1) is 17.0 Å². The molecule has 8 heteroatoms. The van der Waals surface area contributed by atoms with Gasteiger partial charge in [-0.3, -0.25) is 14.9 Å². The van der Waals surface area contributed by atoms with Crippen LogP contribution >= 0.6 is 0 Å². The maximum atomic E-state index is 12.6. The quantitative estimate of drug-likeness (QED) is 0.497. The first-order valence-corrected chi connectivity index (χ1v) is 8.98. The molecule has 0 atom stereocenters. The van der Waals surface area contributed by atoms with E-state index < -0.39 is 4.92 Å². The van der Waals surface area contributed by atoms with E-state index in [9.17, 15) is 14.9 Å². The smallest absolute Gasteiger partial charge is 0.269 e. The monoisotopic (exact) mass is 378 g/mol. The van der Waals surface area contributed by atoms with Crippen LogP contribution in [-0.2, 0) is 17.6 Å². The number of fused-ring (bicyclic) bond motifs is 1. The lowest BCUT2D eigenvalue weighted by Gasteiger charge is -2.16. The van der Waals surface area contributed by atoms with Crippen LogP contribution in [0.5, 0.6) is 0 Å². The third-order valence-electron chi connectivity index (χ3n) is 4.79. The van der Waals surface area contributed by atoms with Crippen LogP contribution in [0.25, 0.3) is 11.5 Å². The lowest BCUT2D eigenvalue weighted by Crippen LogP contribution is -2.29. The molecule has 0 saturated heterocycles. The minimum Gasteiger partial charge on any atom is -0.421 e. The Morgan fingerprint density at radius 1 is 1.21 bits per heavy atom. The summed E-state index contributed by atoms with van der Waals surface area (Å²) in [5.41, 5.74) is 3.59. The van der Waals surface area contributed by atoms with Gasteiger partial charge in [-0.15, -0.1) is 10.2 Å². The Labute approximate surface area is 161 Å². The lowest BCUT2D eigenvalue weighted by molar-refractivity contribution is -0.384.